The van der Waals surface area contributed by atoms with Crippen molar-refractivity contribution in [3.8, 4) is 0 Å². The fourth-order valence-electron chi connectivity index (χ4n) is 4.57. The van der Waals surface area contributed by atoms with E-state index >= 15 is 0 Å². The molecule has 0 spiro atoms. The first-order valence-electron chi connectivity index (χ1n) is 12.5. The van der Waals surface area contributed by atoms with Gasteiger partial charge >= 0.3 is 5.97 Å². The highest BCUT2D eigenvalue weighted by molar-refractivity contribution is 5.93. The van der Waals surface area contributed by atoms with Crippen LogP contribution < -0.4 is 10.6 Å². The van der Waals surface area contributed by atoms with Gasteiger partial charge in [-0.2, -0.15) is 0 Å². The summed E-state index contributed by atoms with van der Waals surface area (Å²) in [6.45, 7) is 1.59. The smallest absolute Gasteiger partial charge is 0.326 e. The topological polar surface area (TPSA) is 113 Å². The zero-order chi connectivity index (χ0) is 25.5. The van der Waals surface area contributed by atoms with Crippen molar-refractivity contribution in [2.45, 2.75) is 69.2 Å². The maximum Gasteiger partial charge on any atom is 0.326 e. The van der Waals surface area contributed by atoms with Crippen LogP contribution in [0.4, 0.5) is 14.6 Å². The highest BCUT2D eigenvalue weighted by Gasteiger charge is 2.54. The molecule has 0 bridgehead atoms. The molecule has 2 aromatic heterocycles. The minimum absolute atomic E-state index is 0.0297. The standard InChI is InChI=1S/C26H32F2N4O4/c27-22(28)19-7-4-13-29-21(19)26(11-12-26)25(35)32-20(24(33)34)10-16-36-15-2-1-6-18-9-8-17-5-3-14-30-23(17)31-18/h4,7-9,13,20,22H,1-3,5-6,10-12,14-16H2,(H,30,31)(H,32,35)(H,33,34)/t20-/m0/s1. The van der Waals surface area contributed by atoms with Crippen molar-refractivity contribution in [1.29, 1.82) is 0 Å². The summed E-state index contributed by atoms with van der Waals surface area (Å²) in [7, 11) is 0. The van der Waals surface area contributed by atoms with E-state index in [-0.39, 0.29) is 24.3 Å². The summed E-state index contributed by atoms with van der Waals surface area (Å²) in [5, 5.41) is 15.4. The molecule has 10 heteroatoms. The van der Waals surface area contributed by atoms with Gasteiger partial charge in [-0.1, -0.05) is 6.07 Å². The van der Waals surface area contributed by atoms with Crippen molar-refractivity contribution in [2.24, 2.45) is 0 Å². The molecule has 1 aliphatic heterocycles. The third-order valence-corrected chi connectivity index (χ3v) is 6.79. The van der Waals surface area contributed by atoms with Crippen LogP contribution in [0.1, 0.15) is 67.5 Å². The van der Waals surface area contributed by atoms with E-state index in [0.717, 1.165) is 50.2 Å². The molecule has 0 aromatic carbocycles. The summed E-state index contributed by atoms with van der Waals surface area (Å²) in [4.78, 5) is 33.3. The van der Waals surface area contributed by atoms with E-state index < -0.39 is 29.8 Å². The highest BCUT2D eigenvalue weighted by Crippen LogP contribution is 2.50. The van der Waals surface area contributed by atoms with Crippen LogP contribution in [-0.4, -0.2) is 52.8 Å². The summed E-state index contributed by atoms with van der Waals surface area (Å²) in [5.41, 5.74) is 0.843. The van der Waals surface area contributed by atoms with Crippen LogP contribution in [-0.2, 0) is 32.6 Å². The van der Waals surface area contributed by atoms with Gasteiger partial charge in [0.15, 0.2) is 0 Å². The number of fused-ring (bicyclic) bond motifs is 1. The van der Waals surface area contributed by atoms with Crippen molar-refractivity contribution in [3.05, 3.63) is 53.0 Å². The van der Waals surface area contributed by atoms with Gasteiger partial charge in [0, 0.05) is 43.6 Å². The van der Waals surface area contributed by atoms with Crippen LogP contribution in [0.3, 0.4) is 0 Å². The van der Waals surface area contributed by atoms with E-state index in [1.807, 2.05) is 0 Å². The van der Waals surface area contributed by atoms with E-state index in [2.05, 4.69) is 32.7 Å². The maximum absolute atomic E-state index is 13.4. The Balaban J connectivity index is 1.19. The number of carbonyl (C=O) groups is 2. The lowest BCUT2D eigenvalue weighted by molar-refractivity contribution is -0.142. The summed E-state index contributed by atoms with van der Waals surface area (Å²) in [6, 6.07) is 5.68. The van der Waals surface area contributed by atoms with Crippen LogP contribution in [0.5, 0.6) is 0 Å². The monoisotopic (exact) mass is 502 g/mol. The molecule has 3 heterocycles. The zero-order valence-corrected chi connectivity index (χ0v) is 20.1. The average molecular weight is 503 g/mol. The Morgan fingerprint density at radius 2 is 2.03 bits per heavy atom. The van der Waals surface area contributed by atoms with E-state index in [4.69, 9.17) is 4.74 Å². The summed E-state index contributed by atoms with van der Waals surface area (Å²) in [6.07, 6.45) is 4.12. The van der Waals surface area contributed by atoms with Gasteiger partial charge in [0.2, 0.25) is 5.91 Å². The average Bonchev–Trinajstić information content (AvgIpc) is 3.69. The number of unbranched alkanes of at least 4 members (excludes halogenated alkanes) is 1. The summed E-state index contributed by atoms with van der Waals surface area (Å²) < 4.78 is 32.4. The van der Waals surface area contributed by atoms with Gasteiger partial charge in [0.1, 0.15) is 11.9 Å². The Bertz CT molecular complexity index is 1080. The number of pyridine rings is 2. The number of alkyl halides is 2. The maximum atomic E-state index is 13.4. The Morgan fingerprint density at radius 1 is 1.19 bits per heavy atom. The van der Waals surface area contributed by atoms with E-state index in [0.29, 0.717) is 19.4 Å². The summed E-state index contributed by atoms with van der Waals surface area (Å²) in [5.74, 6) is -0.786. The van der Waals surface area contributed by atoms with Gasteiger partial charge in [-0.05, 0) is 68.7 Å². The normalized spacial score (nSPS) is 16.6. The number of halogens is 2. The fourth-order valence-corrected chi connectivity index (χ4v) is 4.57. The van der Waals surface area contributed by atoms with Gasteiger partial charge < -0.3 is 20.5 Å². The molecule has 8 nitrogen and oxygen atoms in total. The Hall–Kier alpha value is -3.14. The van der Waals surface area contributed by atoms with E-state index in [9.17, 15) is 23.5 Å². The largest absolute Gasteiger partial charge is 0.480 e. The first kappa shape index (κ1) is 25.9. The SMILES string of the molecule is O=C(O)[C@H](CCOCCCCc1ccc2c(n1)NCCC2)NC(=O)C1(c2ncccc2C(F)F)CC1. The van der Waals surface area contributed by atoms with Crippen molar-refractivity contribution in [1.82, 2.24) is 15.3 Å². The number of hydrogen-bond acceptors (Lipinski definition) is 6. The third kappa shape index (κ3) is 6.16. The Labute approximate surface area is 208 Å². The highest BCUT2D eigenvalue weighted by atomic mass is 19.3. The van der Waals surface area contributed by atoms with Crippen LogP contribution in [0.25, 0.3) is 0 Å². The van der Waals surface area contributed by atoms with Crippen molar-refractivity contribution >= 4 is 17.7 Å². The molecule has 0 unspecified atom stereocenters. The second-order valence-corrected chi connectivity index (χ2v) is 9.39. The zero-order valence-electron chi connectivity index (χ0n) is 20.1. The minimum atomic E-state index is -2.76. The predicted octanol–water partition coefficient (Wildman–Crippen LogP) is 3.80. The van der Waals surface area contributed by atoms with Gasteiger partial charge in [-0.15, -0.1) is 0 Å². The van der Waals surface area contributed by atoms with Crippen LogP contribution in [0.15, 0.2) is 30.5 Å². The van der Waals surface area contributed by atoms with Crippen molar-refractivity contribution in [3.63, 3.8) is 0 Å². The van der Waals surface area contributed by atoms with Crippen LogP contribution in [0.2, 0.25) is 0 Å². The Morgan fingerprint density at radius 3 is 2.78 bits per heavy atom. The number of anilines is 1. The van der Waals surface area contributed by atoms with Crippen molar-refractivity contribution in [2.75, 3.05) is 25.1 Å². The molecular formula is C26H32F2N4O4. The van der Waals surface area contributed by atoms with Crippen LogP contribution in [0, 0.1) is 0 Å². The minimum Gasteiger partial charge on any atom is -0.480 e. The molecule has 4 rings (SSSR count). The van der Waals surface area contributed by atoms with E-state index in [1.54, 1.807) is 0 Å². The number of amides is 1. The van der Waals surface area contributed by atoms with Crippen molar-refractivity contribution < 1.29 is 28.2 Å². The number of aromatic nitrogens is 2. The number of nitrogens with zero attached hydrogens (tertiary/aromatic N) is 2. The number of aryl methyl sites for hydroxylation is 2. The van der Waals surface area contributed by atoms with Gasteiger partial charge in [0.25, 0.3) is 6.43 Å². The fraction of sp³-hybridized carbons (Fsp3) is 0.538. The molecule has 3 N–H and O–H groups in total. The molecule has 0 saturated heterocycles. The lowest BCUT2D eigenvalue weighted by Crippen LogP contribution is -2.46. The number of carbonyl (C=O) groups excluding carboxylic acids is 1. The molecule has 0 radical (unpaired) electrons. The molecule has 1 aliphatic carbocycles. The Kier molecular flexibility index (Phi) is 8.45. The lowest BCUT2D eigenvalue weighted by Gasteiger charge is -2.21. The number of carboxylic acid groups (broad SMARTS) is 1. The van der Waals surface area contributed by atoms with Gasteiger partial charge in [-0.25, -0.2) is 18.6 Å². The van der Waals surface area contributed by atoms with E-state index in [1.165, 1.54) is 23.9 Å². The molecule has 2 aromatic rings. The molecule has 1 amide bonds. The second kappa shape index (κ2) is 11.7. The molecule has 36 heavy (non-hydrogen) atoms. The number of hydrogen-bond donors (Lipinski definition) is 3. The quantitative estimate of drug-likeness (QED) is 0.357. The first-order valence-corrected chi connectivity index (χ1v) is 12.5. The molecule has 1 saturated carbocycles. The van der Waals surface area contributed by atoms with Gasteiger partial charge in [0.05, 0.1) is 11.1 Å². The third-order valence-electron chi connectivity index (χ3n) is 6.79. The second-order valence-electron chi connectivity index (χ2n) is 9.39. The first-order chi connectivity index (χ1) is 17.4. The summed E-state index contributed by atoms with van der Waals surface area (Å²) >= 11 is 0. The number of rotatable bonds is 13. The number of nitrogens with one attached hydrogen (secondary N) is 2. The molecule has 2 aliphatic rings. The lowest BCUT2D eigenvalue weighted by atomic mass is 9.95. The molecule has 1 fully saturated rings. The number of aliphatic carboxylic acids is 1. The molecular weight excluding hydrogens is 470 g/mol. The van der Waals surface area contributed by atoms with Gasteiger partial charge in [-0.3, -0.25) is 9.78 Å². The molecule has 1 atom stereocenters. The molecule has 194 valence electrons. The number of ether oxygens (including phenoxy) is 1. The number of carboxylic acids is 1. The van der Waals surface area contributed by atoms with Crippen LogP contribution >= 0.6 is 0 Å². The predicted molar refractivity (Wildman–Crippen MR) is 129 cm³/mol.